The number of hydrogen-bond donors (Lipinski definition) is 1. The lowest BCUT2D eigenvalue weighted by Crippen LogP contribution is -2.41. The smallest absolute Gasteiger partial charge is 0.276 e. The highest BCUT2D eigenvalue weighted by Gasteiger charge is 2.36. The first-order valence-corrected chi connectivity index (χ1v) is 6.70. The molecule has 1 fully saturated rings. The fraction of sp³-hybridized carbons (Fsp3) is 0.615. The summed E-state index contributed by atoms with van der Waals surface area (Å²) in [6.45, 7) is 2.26. The molecule has 2 aromatic heterocycles. The zero-order chi connectivity index (χ0) is 13.5. The van der Waals surface area contributed by atoms with Crippen molar-refractivity contribution in [3.05, 3.63) is 18.1 Å². The van der Waals surface area contributed by atoms with Crippen LogP contribution < -0.4 is 5.73 Å². The molecule has 0 aliphatic heterocycles. The molecule has 0 atom stereocenters. The van der Waals surface area contributed by atoms with Crippen molar-refractivity contribution in [2.24, 2.45) is 18.7 Å². The van der Waals surface area contributed by atoms with Gasteiger partial charge in [-0.3, -0.25) is 4.68 Å². The second-order valence-corrected chi connectivity index (χ2v) is 5.60. The van der Waals surface area contributed by atoms with Gasteiger partial charge in [0.25, 0.3) is 5.89 Å². The summed E-state index contributed by atoms with van der Waals surface area (Å²) >= 11 is 0. The van der Waals surface area contributed by atoms with Gasteiger partial charge in [0.2, 0.25) is 0 Å². The minimum Gasteiger partial charge on any atom is -0.332 e. The van der Waals surface area contributed by atoms with Crippen LogP contribution in [0.15, 0.2) is 16.8 Å². The normalized spacial score (nSPS) is 27.6. The Morgan fingerprint density at radius 2 is 2.16 bits per heavy atom. The van der Waals surface area contributed by atoms with E-state index in [9.17, 15) is 0 Å². The SMILES string of the molecule is CC1CCC(N)(c2noc(-c3ccnn3C)n2)CC1. The Balaban J connectivity index is 1.87. The molecule has 0 aromatic carbocycles. The van der Waals surface area contributed by atoms with E-state index in [1.807, 2.05) is 13.1 Å². The summed E-state index contributed by atoms with van der Waals surface area (Å²) in [7, 11) is 1.85. The summed E-state index contributed by atoms with van der Waals surface area (Å²) in [5.41, 5.74) is 6.81. The predicted molar refractivity (Wildman–Crippen MR) is 70.0 cm³/mol. The minimum atomic E-state index is -0.438. The lowest BCUT2D eigenvalue weighted by molar-refractivity contribution is 0.230. The van der Waals surface area contributed by atoms with Crippen molar-refractivity contribution in [2.75, 3.05) is 0 Å². The molecular weight excluding hydrogens is 242 g/mol. The Morgan fingerprint density at radius 1 is 1.42 bits per heavy atom. The molecule has 3 rings (SSSR count). The molecule has 6 heteroatoms. The highest BCUT2D eigenvalue weighted by Crippen LogP contribution is 2.36. The standard InChI is InChI=1S/C13H19N5O/c1-9-3-6-13(14,7-4-9)12-16-11(19-17-12)10-5-8-15-18(10)2/h5,8-9H,3-4,6-7,14H2,1-2H3. The number of aromatic nitrogens is 4. The van der Waals surface area contributed by atoms with E-state index in [2.05, 4.69) is 22.2 Å². The van der Waals surface area contributed by atoms with Crippen LogP contribution in [0.1, 0.15) is 38.4 Å². The van der Waals surface area contributed by atoms with E-state index in [-0.39, 0.29) is 0 Å². The Labute approximate surface area is 112 Å². The van der Waals surface area contributed by atoms with Crippen molar-refractivity contribution in [3.63, 3.8) is 0 Å². The molecule has 1 aliphatic carbocycles. The largest absolute Gasteiger partial charge is 0.332 e. The maximum atomic E-state index is 6.44. The quantitative estimate of drug-likeness (QED) is 0.891. The maximum absolute atomic E-state index is 6.44. The third kappa shape index (κ3) is 2.16. The van der Waals surface area contributed by atoms with Gasteiger partial charge in [0.1, 0.15) is 5.69 Å². The maximum Gasteiger partial charge on any atom is 0.276 e. The molecule has 2 aromatic rings. The number of nitrogens with two attached hydrogens (primary N) is 1. The van der Waals surface area contributed by atoms with Gasteiger partial charge in [-0.1, -0.05) is 12.1 Å². The summed E-state index contributed by atoms with van der Waals surface area (Å²) in [5.74, 6) is 1.84. The van der Waals surface area contributed by atoms with E-state index in [0.29, 0.717) is 11.7 Å². The molecule has 0 radical (unpaired) electrons. The van der Waals surface area contributed by atoms with Crippen LogP contribution in [-0.2, 0) is 12.6 Å². The molecule has 0 bridgehead atoms. The number of nitrogens with zero attached hydrogens (tertiary/aromatic N) is 4. The predicted octanol–water partition coefficient (Wildman–Crippen LogP) is 1.83. The molecule has 6 nitrogen and oxygen atoms in total. The molecule has 0 spiro atoms. The van der Waals surface area contributed by atoms with Crippen molar-refractivity contribution in [1.29, 1.82) is 0 Å². The first-order chi connectivity index (χ1) is 9.08. The number of rotatable bonds is 2. The van der Waals surface area contributed by atoms with E-state index in [4.69, 9.17) is 10.3 Å². The molecule has 1 saturated carbocycles. The monoisotopic (exact) mass is 261 g/mol. The van der Waals surface area contributed by atoms with E-state index in [1.54, 1.807) is 10.9 Å². The average Bonchev–Trinajstić information content (AvgIpc) is 3.01. The summed E-state index contributed by atoms with van der Waals surface area (Å²) < 4.78 is 7.04. The van der Waals surface area contributed by atoms with E-state index >= 15 is 0 Å². The number of hydrogen-bond acceptors (Lipinski definition) is 5. The fourth-order valence-corrected chi connectivity index (χ4v) is 2.61. The van der Waals surface area contributed by atoms with E-state index in [0.717, 1.165) is 37.3 Å². The van der Waals surface area contributed by atoms with Crippen LogP contribution in [0.4, 0.5) is 0 Å². The van der Waals surface area contributed by atoms with Crippen LogP contribution >= 0.6 is 0 Å². The highest BCUT2D eigenvalue weighted by atomic mass is 16.5. The van der Waals surface area contributed by atoms with Crippen LogP contribution in [0.5, 0.6) is 0 Å². The van der Waals surface area contributed by atoms with E-state index < -0.39 is 5.54 Å². The van der Waals surface area contributed by atoms with Crippen molar-refractivity contribution >= 4 is 0 Å². The summed E-state index contributed by atoms with van der Waals surface area (Å²) in [6.07, 6.45) is 5.77. The van der Waals surface area contributed by atoms with Crippen molar-refractivity contribution in [1.82, 2.24) is 19.9 Å². The highest BCUT2D eigenvalue weighted by molar-refractivity contribution is 5.46. The Bertz CT molecular complexity index is 565. The van der Waals surface area contributed by atoms with Crippen molar-refractivity contribution < 1.29 is 4.52 Å². The van der Waals surface area contributed by atoms with Gasteiger partial charge in [0, 0.05) is 13.2 Å². The first kappa shape index (κ1) is 12.3. The molecule has 1 aliphatic rings. The van der Waals surface area contributed by atoms with Gasteiger partial charge in [-0.05, 0) is 37.7 Å². The Kier molecular flexibility index (Phi) is 2.89. The molecule has 0 unspecified atom stereocenters. The van der Waals surface area contributed by atoms with Crippen LogP contribution in [0.2, 0.25) is 0 Å². The van der Waals surface area contributed by atoms with Crippen LogP contribution in [0.25, 0.3) is 11.6 Å². The second-order valence-electron chi connectivity index (χ2n) is 5.60. The van der Waals surface area contributed by atoms with E-state index in [1.165, 1.54) is 0 Å². The van der Waals surface area contributed by atoms with Gasteiger partial charge in [-0.2, -0.15) is 10.1 Å². The zero-order valence-electron chi connectivity index (χ0n) is 11.3. The third-order valence-corrected chi connectivity index (χ3v) is 4.08. The molecule has 2 N–H and O–H groups in total. The molecular formula is C13H19N5O. The van der Waals surface area contributed by atoms with Crippen molar-refractivity contribution in [3.8, 4) is 11.6 Å². The van der Waals surface area contributed by atoms with Gasteiger partial charge in [-0.15, -0.1) is 0 Å². The van der Waals surface area contributed by atoms with Gasteiger partial charge in [0.15, 0.2) is 5.82 Å². The summed E-state index contributed by atoms with van der Waals surface area (Å²) in [6, 6.07) is 1.85. The molecule has 0 amide bonds. The average molecular weight is 261 g/mol. The zero-order valence-corrected chi connectivity index (χ0v) is 11.3. The molecule has 102 valence electrons. The topological polar surface area (TPSA) is 82.8 Å². The van der Waals surface area contributed by atoms with Gasteiger partial charge in [-0.25, -0.2) is 0 Å². The summed E-state index contributed by atoms with van der Waals surface area (Å²) in [4.78, 5) is 4.47. The van der Waals surface area contributed by atoms with Crippen LogP contribution in [-0.4, -0.2) is 19.9 Å². The second kappa shape index (κ2) is 4.45. The van der Waals surface area contributed by atoms with Gasteiger partial charge >= 0.3 is 0 Å². The molecule has 2 heterocycles. The molecule has 19 heavy (non-hydrogen) atoms. The summed E-state index contributed by atoms with van der Waals surface area (Å²) in [5, 5.41) is 8.18. The van der Waals surface area contributed by atoms with Crippen molar-refractivity contribution in [2.45, 2.75) is 38.1 Å². The van der Waals surface area contributed by atoms with Crippen LogP contribution in [0, 0.1) is 5.92 Å². The minimum absolute atomic E-state index is 0.438. The Hall–Kier alpha value is -1.69. The van der Waals surface area contributed by atoms with Gasteiger partial charge in [0.05, 0.1) is 5.54 Å². The molecule has 0 saturated heterocycles. The first-order valence-electron chi connectivity index (χ1n) is 6.70. The third-order valence-electron chi connectivity index (χ3n) is 4.08. The Morgan fingerprint density at radius 3 is 2.79 bits per heavy atom. The lowest BCUT2D eigenvalue weighted by Gasteiger charge is -2.33. The fourth-order valence-electron chi connectivity index (χ4n) is 2.61. The van der Waals surface area contributed by atoms with Crippen LogP contribution in [0.3, 0.4) is 0 Å². The number of aryl methyl sites for hydroxylation is 1. The lowest BCUT2D eigenvalue weighted by atomic mass is 9.77. The van der Waals surface area contributed by atoms with Gasteiger partial charge < -0.3 is 10.3 Å².